The van der Waals surface area contributed by atoms with Gasteiger partial charge in [0.25, 0.3) is 0 Å². The SMILES string of the molecule is CCOC(C)=O.Cc1ccc(Cc2cc(F)cc(C(F)(F)F)c2)nc1.Cc1ccccc1.NCCO. The first kappa shape index (κ1) is 32.7. The van der Waals surface area contributed by atoms with Crippen LogP contribution in [0.25, 0.3) is 0 Å². The molecule has 0 radical (unpaired) electrons. The molecule has 0 spiro atoms. The van der Waals surface area contributed by atoms with Gasteiger partial charge in [-0.15, -0.1) is 0 Å². The second-order valence-electron chi connectivity index (χ2n) is 7.44. The number of rotatable bonds is 4. The van der Waals surface area contributed by atoms with E-state index < -0.39 is 17.6 Å². The van der Waals surface area contributed by atoms with Crippen molar-refractivity contribution in [1.82, 2.24) is 4.98 Å². The van der Waals surface area contributed by atoms with E-state index in [9.17, 15) is 22.4 Å². The largest absolute Gasteiger partial charge is 0.466 e. The lowest BCUT2D eigenvalue weighted by Crippen LogP contribution is -2.06. The minimum atomic E-state index is -4.54. The topological polar surface area (TPSA) is 85.4 Å². The van der Waals surface area contributed by atoms with E-state index in [2.05, 4.69) is 28.8 Å². The fraction of sp³-hybridized carbons (Fsp3) is 0.333. The van der Waals surface area contributed by atoms with Gasteiger partial charge in [-0.3, -0.25) is 9.78 Å². The van der Waals surface area contributed by atoms with Crippen LogP contribution in [-0.4, -0.2) is 35.8 Å². The van der Waals surface area contributed by atoms with E-state index in [-0.39, 0.29) is 24.6 Å². The zero-order valence-electron chi connectivity index (χ0n) is 21.0. The number of hydrogen-bond donors (Lipinski definition) is 2. The number of alkyl halides is 3. The molecule has 5 nitrogen and oxygen atoms in total. The summed E-state index contributed by atoms with van der Waals surface area (Å²) in [4.78, 5) is 13.9. The number of aromatic nitrogens is 1. The first-order chi connectivity index (χ1) is 16.9. The van der Waals surface area contributed by atoms with Crippen molar-refractivity contribution in [3.8, 4) is 0 Å². The summed E-state index contributed by atoms with van der Waals surface area (Å²) >= 11 is 0. The number of halogens is 4. The average Bonchev–Trinajstić information content (AvgIpc) is 2.81. The van der Waals surface area contributed by atoms with Crippen LogP contribution >= 0.6 is 0 Å². The van der Waals surface area contributed by atoms with E-state index in [1.807, 2.05) is 31.2 Å². The fourth-order valence-corrected chi connectivity index (χ4v) is 2.47. The summed E-state index contributed by atoms with van der Waals surface area (Å²) in [6, 6.07) is 16.3. The van der Waals surface area contributed by atoms with Crippen LogP contribution in [0.1, 0.15) is 41.8 Å². The smallest absolute Gasteiger partial charge is 0.416 e. The Hall–Kier alpha value is -3.30. The zero-order chi connectivity index (χ0) is 27.6. The summed E-state index contributed by atoms with van der Waals surface area (Å²) in [5, 5.41) is 7.75. The maximum atomic E-state index is 13.2. The number of carbonyl (C=O) groups excluding carboxylic acids is 1. The highest BCUT2D eigenvalue weighted by atomic mass is 19.4. The molecular weight excluding hydrogens is 476 g/mol. The molecule has 9 heteroatoms. The van der Waals surface area contributed by atoms with Crippen molar-refractivity contribution in [1.29, 1.82) is 0 Å². The number of benzene rings is 2. The molecule has 0 aliphatic rings. The van der Waals surface area contributed by atoms with Crippen LogP contribution in [0.5, 0.6) is 0 Å². The molecule has 0 aliphatic heterocycles. The average molecular weight is 511 g/mol. The number of aryl methyl sites for hydroxylation is 2. The summed E-state index contributed by atoms with van der Waals surface area (Å²) < 4.78 is 55.3. The Morgan fingerprint density at radius 1 is 1.03 bits per heavy atom. The van der Waals surface area contributed by atoms with Crippen molar-refractivity contribution >= 4 is 5.97 Å². The van der Waals surface area contributed by atoms with E-state index in [0.29, 0.717) is 24.9 Å². The minimum Gasteiger partial charge on any atom is -0.466 e. The van der Waals surface area contributed by atoms with Gasteiger partial charge < -0.3 is 15.6 Å². The monoisotopic (exact) mass is 510 g/mol. The van der Waals surface area contributed by atoms with Crippen molar-refractivity contribution in [2.45, 2.75) is 40.3 Å². The first-order valence-electron chi connectivity index (χ1n) is 11.2. The lowest BCUT2D eigenvalue weighted by atomic mass is 10.0. The van der Waals surface area contributed by atoms with Gasteiger partial charge in [-0.1, -0.05) is 42.0 Å². The maximum absolute atomic E-state index is 13.2. The quantitative estimate of drug-likeness (QED) is 0.351. The first-order valence-corrected chi connectivity index (χ1v) is 11.2. The van der Waals surface area contributed by atoms with Crippen molar-refractivity contribution in [3.63, 3.8) is 0 Å². The minimum absolute atomic E-state index is 0.0972. The number of aliphatic hydroxyl groups is 1. The standard InChI is InChI=1S/C14H11F4N.C7H8.C4H8O2.C2H7NO/c1-9-2-3-13(19-8-9)6-10-4-11(14(16,17)18)7-12(15)5-10;1-7-5-3-2-4-6-7;1-3-6-4(2)5;3-1-2-4/h2-5,7-8H,6H2,1H3;2-6H,1H3;3H2,1-2H3;4H,1-3H2. The molecular formula is C27H34F4N2O3. The summed E-state index contributed by atoms with van der Waals surface area (Å²) in [7, 11) is 0. The lowest BCUT2D eigenvalue weighted by molar-refractivity contribution is -0.140. The number of hydrogen-bond acceptors (Lipinski definition) is 5. The van der Waals surface area contributed by atoms with Crippen molar-refractivity contribution < 1.29 is 32.2 Å². The van der Waals surface area contributed by atoms with E-state index in [1.54, 1.807) is 19.2 Å². The second kappa shape index (κ2) is 18.0. The normalized spacial score (nSPS) is 9.94. The Morgan fingerprint density at radius 2 is 1.64 bits per heavy atom. The third kappa shape index (κ3) is 16.3. The van der Waals surface area contributed by atoms with Gasteiger partial charge in [0.2, 0.25) is 0 Å². The van der Waals surface area contributed by atoms with Gasteiger partial charge in [0, 0.05) is 31.8 Å². The van der Waals surface area contributed by atoms with Crippen molar-refractivity contribution in [2.24, 2.45) is 5.73 Å². The molecule has 3 rings (SSSR count). The zero-order valence-corrected chi connectivity index (χ0v) is 21.0. The number of esters is 1. The number of pyridine rings is 1. The molecule has 0 amide bonds. The molecule has 2 aromatic carbocycles. The Labute approximate surface area is 210 Å². The van der Waals surface area contributed by atoms with Gasteiger partial charge >= 0.3 is 12.1 Å². The summed E-state index contributed by atoms with van der Waals surface area (Å²) in [6.07, 6.45) is -2.75. The molecule has 3 N–H and O–H groups in total. The Balaban J connectivity index is 0.000000587. The van der Waals surface area contributed by atoms with Crippen LogP contribution in [0.3, 0.4) is 0 Å². The Kier molecular flexibility index (Phi) is 16.4. The molecule has 0 unspecified atom stereocenters. The number of nitrogens with zero attached hydrogens (tertiary/aromatic N) is 1. The summed E-state index contributed by atoms with van der Waals surface area (Å²) in [6.45, 7) is 8.07. The summed E-state index contributed by atoms with van der Waals surface area (Å²) in [5.41, 5.74) is 6.93. The highest BCUT2D eigenvalue weighted by Crippen LogP contribution is 2.30. The third-order valence-electron chi connectivity index (χ3n) is 4.06. The second-order valence-corrected chi connectivity index (χ2v) is 7.44. The van der Waals surface area contributed by atoms with Crippen molar-refractivity contribution in [2.75, 3.05) is 19.8 Å². The van der Waals surface area contributed by atoms with Crippen LogP contribution in [0.2, 0.25) is 0 Å². The van der Waals surface area contributed by atoms with E-state index in [1.165, 1.54) is 12.5 Å². The fourth-order valence-electron chi connectivity index (χ4n) is 2.47. The van der Waals surface area contributed by atoms with E-state index in [4.69, 9.17) is 10.8 Å². The molecule has 1 aromatic heterocycles. The van der Waals surface area contributed by atoms with Gasteiger partial charge in [-0.2, -0.15) is 13.2 Å². The molecule has 0 fully saturated rings. The van der Waals surface area contributed by atoms with E-state index >= 15 is 0 Å². The van der Waals surface area contributed by atoms with Crippen LogP contribution in [0, 0.1) is 19.7 Å². The van der Waals surface area contributed by atoms with Gasteiger partial charge in [0.05, 0.1) is 18.8 Å². The predicted molar refractivity (Wildman–Crippen MR) is 133 cm³/mol. The predicted octanol–water partition coefficient (Wildman–Crippen LogP) is 5.64. The van der Waals surface area contributed by atoms with Crippen LogP contribution in [0.15, 0.2) is 66.9 Å². The number of ether oxygens (including phenoxy) is 1. The third-order valence-corrected chi connectivity index (χ3v) is 4.06. The lowest BCUT2D eigenvalue weighted by Gasteiger charge is -2.09. The highest BCUT2D eigenvalue weighted by molar-refractivity contribution is 5.65. The van der Waals surface area contributed by atoms with Gasteiger partial charge in [0.1, 0.15) is 5.82 Å². The van der Waals surface area contributed by atoms with E-state index in [0.717, 1.165) is 17.7 Å². The Bertz CT molecular complexity index is 994. The molecule has 36 heavy (non-hydrogen) atoms. The molecule has 1 heterocycles. The number of nitrogens with two attached hydrogens (primary N) is 1. The van der Waals surface area contributed by atoms with Gasteiger partial charge in [-0.05, 0) is 56.2 Å². The Morgan fingerprint density at radius 3 is 2.00 bits per heavy atom. The van der Waals surface area contributed by atoms with Gasteiger partial charge in [0.15, 0.2) is 0 Å². The number of carbonyl (C=O) groups is 1. The van der Waals surface area contributed by atoms with Crippen molar-refractivity contribution in [3.05, 3.63) is 101 Å². The number of aliphatic hydroxyl groups excluding tert-OH is 1. The molecule has 198 valence electrons. The highest BCUT2D eigenvalue weighted by Gasteiger charge is 2.31. The van der Waals surface area contributed by atoms with Crippen LogP contribution in [-0.2, 0) is 22.1 Å². The molecule has 3 aromatic rings. The molecule has 0 saturated carbocycles. The molecule has 0 aliphatic carbocycles. The molecule has 0 atom stereocenters. The van der Waals surface area contributed by atoms with Crippen LogP contribution < -0.4 is 5.73 Å². The van der Waals surface area contributed by atoms with Gasteiger partial charge in [-0.25, -0.2) is 4.39 Å². The summed E-state index contributed by atoms with van der Waals surface area (Å²) in [5.74, 6) is -1.10. The van der Waals surface area contributed by atoms with Crippen LogP contribution in [0.4, 0.5) is 17.6 Å². The maximum Gasteiger partial charge on any atom is 0.416 e. The molecule has 0 saturated heterocycles. The molecule has 0 bridgehead atoms.